The molecule has 0 bridgehead atoms. The van der Waals surface area contributed by atoms with Gasteiger partial charge in [-0.3, -0.25) is 23.7 Å². The van der Waals surface area contributed by atoms with Crippen LogP contribution in [0.1, 0.15) is 68.6 Å². The molecule has 410 valence electrons. The van der Waals surface area contributed by atoms with Crippen molar-refractivity contribution >= 4 is 51.3 Å². The summed E-state index contributed by atoms with van der Waals surface area (Å²) in [6, 6.07) is 46.0. The summed E-state index contributed by atoms with van der Waals surface area (Å²) >= 11 is 0. The summed E-state index contributed by atoms with van der Waals surface area (Å²) in [6.45, 7) is 3.68. The van der Waals surface area contributed by atoms with Crippen molar-refractivity contribution in [3.05, 3.63) is 209 Å². The Kier molecular flexibility index (Phi) is 18.6. The Morgan fingerprint density at radius 2 is 1.35 bits per heavy atom. The maximum absolute atomic E-state index is 14.0. The van der Waals surface area contributed by atoms with Crippen LogP contribution >= 0.6 is 0 Å². The highest BCUT2D eigenvalue weighted by Crippen LogP contribution is 2.42. The zero-order valence-corrected chi connectivity index (χ0v) is 45.3. The van der Waals surface area contributed by atoms with Gasteiger partial charge in [0.15, 0.2) is 5.78 Å². The number of nitrogens with one attached hydrogen (secondary N) is 5. The minimum absolute atomic E-state index is 0.0941. The number of ketones is 1. The van der Waals surface area contributed by atoms with E-state index in [1.807, 2.05) is 103 Å². The molecule has 1 aliphatic heterocycles. The molecule has 1 unspecified atom stereocenters. The van der Waals surface area contributed by atoms with Crippen molar-refractivity contribution in [2.75, 3.05) is 50.6 Å². The molecule has 0 fully saturated rings. The third-order valence-electron chi connectivity index (χ3n) is 13.6. The number of methoxy groups -OCH3 is 1. The number of ether oxygens (including phenoxy) is 3. The van der Waals surface area contributed by atoms with Crippen LogP contribution in [0.3, 0.4) is 0 Å². The highest BCUT2D eigenvalue weighted by Gasteiger charge is 2.40. The van der Waals surface area contributed by atoms with Gasteiger partial charge in [0.2, 0.25) is 27.8 Å². The van der Waals surface area contributed by atoms with Crippen LogP contribution in [0.2, 0.25) is 0 Å². The molecule has 1 aromatic heterocycles. The van der Waals surface area contributed by atoms with E-state index in [2.05, 4.69) is 67.0 Å². The van der Waals surface area contributed by atoms with E-state index in [0.29, 0.717) is 47.0 Å². The van der Waals surface area contributed by atoms with Gasteiger partial charge >= 0.3 is 12.1 Å². The van der Waals surface area contributed by atoms with Gasteiger partial charge in [-0.15, -0.1) is 0 Å². The lowest BCUT2D eigenvalue weighted by Gasteiger charge is -2.38. The number of benzene rings is 6. The summed E-state index contributed by atoms with van der Waals surface area (Å²) < 4.78 is 48.5. The zero-order valence-electron chi connectivity index (χ0n) is 44.4. The number of Topliss-reactive ketones (excluding diaryl/α,β-unsaturated/α-hetero) is 1. The van der Waals surface area contributed by atoms with E-state index in [4.69, 9.17) is 19.2 Å². The Bertz CT molecular complexity index is 3240. The number of esters is 1. The molecule has 5 N–H and O–H groups in total. The number of anilines is 2. The Morgan fingerprint density at radius 3 is 1.96 bits per heavy atom. The molecular formula is C60H64N8O10S. The molecule has 7 aromatic rings. The van der Waals surface area contributed by atoms with Gasteiger partial charge in [-0.2, -0.15) is 4.72 Å². The standard InChI is InChI=1S/C60H64N8O10S/c1-41-34-48(77-33-17-26-54(70)61-29-30-63-59(73)78-40-43-18-9-5-10-19-43)35-42(2)55(41)79(74,75)66-50(57(72)76-4)39-64-56(71)52-37-53(69)49-28-27-44(36-51(49)67(52)3)38-65-58-62-31-32-68(58)60(45-20-11-6-12-21-45,46-22-13-7-14-23-46)47-24-15-8-16-25-47/h5-16,18-25,27-28,31-32,34-36,50,52,66H,17,26,29-30,33,37-40H2,1-4H3,(H,61,70)(H,62,65)(H,63,73)(H,64,71)/t50-,52?/m0/s1. The number of amides is 3. The Morgan fingerprint density at radius 1 is 0.759 bits per heavy atom. The van der Waals surface area contributed by atoms with E-state index in [0.717, 1.165) is 34.9 Å². The summed E-state index contributed by atoms with van der Waals surface area (Å²) in [4.78, 5) is 71.5. The van der Waals surface area contributed by atoms with Crippen LogP contribution in [0, 0.1) is 13.8 Å². The third-order valence-corrected chi connectivity index (χ3v) is 15.4. The predicted octanol–water partition coefficient (Wildman–Crippen LogP) is 7.18. The molecule has 19 heteroatoms. The average molecular weight is 1090 g/mol. The summed E-state index contributed by atoms with van der Waals surface area (Å²) in [7, 11) is -1.58. The van der Waals surface area contributed by atoms with Crippen molar-refractivity contribution in [1.29, 1.82) is 0 Å². The highest BCUT2D eigenvalue weighted by molar-refractivity contribution is 7.89. The van der Waals surface area contributed by atoms with Crippen molar-refractivity contribution in [1.82, 2.24) is 30.2 Å². The molecule has 6 aromatic carbocycles. The topological polar surface area (TPSA) is 228 Å². The van der Waals surface area contributed by atoms with E-state index in [1.165, 1.54) is 12.1 Å². The van der Waals surface area contributed by atoms with E-state index in [9.17, 15) is 32.4 Å². The second-order valence-corrected chi connectivity index (χ2v) is 20.7. The van der Waals surface area contributed by atoms with Crippen LogP contribution in [0.25, 0.3) is 0 Å². The Balaban J connectivity index is 0.862. The van der Waals surface area contributed by atoms with Gasteiger partial charge in [0.25, 0.3) is 0 Å². The van der Waals surface area contributed by atoms with Gasteiger partial charge in [0.1, 0.15) is 30.0 Å². The Hall–Kier alpha value is -8.81. The maximum Gasteiger partial charge on any atom is 0.407 e. The van der Waals surface area contributed by atoms with Crippen LogP contribution in [-0.4, -0.2) is 100 Å². The molecule has 0 saturated heterocycles. The number of carbonyl (C=O) groups is 5. The average Bonchev–Trinajstić information content (AvgIpc) is 4.05. The van der Waals surface area contributed by atoms with E-state index >= 15 is 0 Å². The van der Waals surface area contributed by atoms with Crippen molar-refractivity contribution in [2.24, 2.45) is 0 Å². The minimum Gasteiger partial charge on any atom is -0.494 e. The third kappa shape index (κ3) is 13.5. The molecular weight excluding hydrogens is 1020 g/mol. The number of likely N-dealkylation sites (N-methyl/N-ethyl adjacent to an activating group) is 1. The second kappa shape index (κ2) is 26.0. The second-order valence-electron chi connectivity index (χ2n) is 19.0. The van der Waals surface area contributed by atoms with Crippen LogP contribution < -0.4 is 35.6 Å². The number of aromatic nitrogens is 2. The minimum atomic E-state index is -4.40. The van der Waals surface area contributed by atoms with Gasteiger partial charge in [0.05, 0.1) is 18.6 Å². The smallest absolute Gasteiger partial charge is 0.407 e. The number of aryl methyl sites for hydroxylation is 2. The van der Waals surface area contributed by atoms with Gasteiger partial charge in [0, 0.05) is 69.7 Å². The van der Waals surface area contributed by atoms with Crippen LogP contribution in [0.4, 0.5) is 16.4 Å². The van der Waals surface area contributed by atoms with Crippen molar-refractivity contribution < 1.29 is 46.6 Å². The molecule has 2 atom stereocenters. The summed E-state index contributed by atoms with van der Waals surface area (Å²) in [5.41, 5.74) is 5.56. The first-order chi connectivity index (χ1) is 38.2. The van der Waals surface area contributed by atoms with E-state index in [-0.39, 0.29) is 55.7 Å². The number of sulfonamides is 1. The first-order valence-electron chi connectivity index (χ1n) is 25.9. The van der Waals surface area contributed by atoms with Crippen LogP contribution in [0.5, 0.6) is 5.75 Å². The molecule has 79 heavy (non-hydrogen) atoms. The zero-order chi connectivity index (χ0) is 55.9. The van der Waals surface area contributed by atoms with Crippen LogP contribution in [-0.2, 0) is 52.6 Å². The molecule has 18 nitrogen and oxygen atoms in total. The largest absolute Gasteiger partial charge is 0.494 e. The lowest BCUT2D eigenvalue weighted by molar-refractivity contribution is -0.142. The predicted molar refractivity (Wildman–Crippen MR) is 299 cm³/mol. The number of nitrogens with zero attached hydrogens (tertiary/aromatic N) is 3. The number of fused-ring (bicyclic) bond motifs is 1. The molecule has 0 saturated carbocycles. The monoisotopic (exact) mass is 1090 g/mol. The van der Waals surface area contributed by atoms with Crippen molar-refractivity contribution in [2.45, 2.75) is 68.8 Å². The molecule has 2 heterocycles. The highest BCUT2D eigenvalue weighted by atomic mass is 32.2. The number of hydrogen-bond donors (Lipinski definition) is 5. The van der Waals surface area contributed by atoms with Gasteiger partial charge < -0.3 is 40.4 Å². The van der Waals surface area contributed by atoms with Gasteiger partial charge in [-0.1, -0.05) is 127 Å². The Labute approximate surface area is 459 Å². The molecule has 0 spiro atoms. The molecule has 8 rings (SSSR count). The van der Waals surface area contributed by atoms with Gasteiger partial charge in [-0.25, -0.2) is 18.2 Å². The fraction of sp³-hybridized carbons (Fsp3) is 0.267. The molecule has 0 radical (unpaired) electrons. The van der Waals surface area contributed by atoms with Crippen molar-refractivity contribution in [3.8, 4) is 5.75 Å². The first-order valence-corrected chi connectivity index (χ1v) is 27.3. The molecule has 3 amide bonds. The fourth-order valence-corrected chi connectivity index (χ4v) is 11.5. The summed E-state index contributed by atoms with van der Waals surface area (Å²) in [6.07, 6.45) is 3.47. The number of carbonyl (C=O) groups excluding carboxylic acids is 5. The van der Waals surface area contributed by atoms with Gasteiger partial charge in [-0.05, 0) is 83.5 Å². The number of imidazole rings is 1. The number of hydrogen-bond acceptors (Lipinski definition) is 13. The quantitative estimate of drug-likeness (QED) is 0.0230. The molecule has 0 aliphatic carbocycles. The van der Waals surface area contributed by atoms with E-state index < -0.39 is 52.2 Å². The van der Waals surface area contributed by atoms with E-state index in [1.54, 1.807) is 38.1 Å². The summed E-state index contributed by atoms with van der Waals surface area (Å²) in [5.74, 6) is -1.06. The lowest BCUT2D eigenvalue weighted by Crippen LogP contribution is -2.54. The number of rotatable bonds is 24. The normalized spacial score (nSPS) is 13.6. The fourth-order valence-electron chi connectivity index (χ4n) is 9.87. The van der Waals surface area contributed by atoms with Crippen molar-refractivity contribution in [3.63, 3.8) is 0 Å². The number of alkyl carbamates (subject to hydrolysis) is 1. The molecule has 1 aliphatic rings. The van der Waals surface area contributed by atoms with Crippen LogP contribution in [0.15, 0.2) is 169 Å². The maximum atomic E-state index is 14.0. The SMILES string of the molecule is COC(=O)[C@H](CNC(=O)C1CC(=O)c2ccc(CNc3nccn3C(c3ccccc3)(c3ccccc3)c3ccccc3)cc2N1C)NS(=O)(=O)c1c(C)cc(OCCCC(=O)NCCNC(=O)OCc2ccccc2)cc1C. The summed E-state index contributed by atoms with van der Waals surface area (Å²) in [5, 5.41) is 11.6. The lowest BCUT2D eigenvalue weighted by atomic mass is 9.76. The first kappa shape index (κ1) is 56.4.